The minimum absolute atomic E-state index is 0.204. The van der Waals surface area contributed by atoms with Crippen LogP contribution in [-0.2, 0) is 4.79 Å². The molecule has 134 valence electrons. The molecule has 0 amide bonds. The predicted octanol–water partition coefficient (Wildman–Crippen LogP) is 4.92. The smallest absolute Gasteiger partial charge is 0.311 e. The van der Waals surface area contributed by atoms with Crippen LogP contribution in [0.25, 0.3) is 10.9 Å². The van der Waals surface area contributed by atoms with Crippen LogP contribution in [0.2, 0.25) is 10.0 Å². The monoisotopic (exact) mass is 391 g/mol. The van der Waals surface area contributed by atoms with Crippen LogP contribution in [0.3, 0.4) is 0 Å². The molecule has 1 heterocycles. The van der Waals surface area contributed by atoms with Crippen LogP contribution >= 0.6 is 23.2 Å². The number of carboxylic acid groups (broad SMARTS) is 1. The van der Waals surface area contributed by atoms with E-state index >= 15 is 0 Å². The molecule has 0 radical (unpaired) electrons. The zero-order chi connectivity index (χ0) is 18.8. The third kappa shape index (κ3) is 3.54. The van der Waals surface area contributed by atoms with Gasteiger partial charge in [0.15, 0.2) is 5.78 Å². The number of aliphatic carboxylic acids is 1. The van der Waals surface area contributed by atoms with Crippen LogP contribution in [0.5, 0.6) is 5.75 Å². The summed E-state index contributed by atoms with van der Waals surface area (Å²) in [6.45, 7) is 0. The van der Waals surface area contributed by atoms with E-state index in [1.165, 1.54) is 12.1 Å². The zero-order valence-electron chi connectivity index (χ0n) is 13.8. The molecule has 5 nitrogen and oxygen atoms in total. The maximum absolute atomic E-state index is 12.6. The van der Waals surface area contributed by atoms with E-state index in [0.717, 1.165) is 10.9 Å². The Balaban J connectivity index is 1.95. The highest BCUT2D eigenvalue weighted by Crippen LogP contribution is 2.32. The summed E-state index contributed by atoms with van der Waals surface area (Å²) in [5.41, 5.74) is 1.53. The zero-order valence-corrected chi connectivity index (χ0v) is 15.3. The van der Waals surface area contributed by atoms with Gasteiger partial charge in [-0.2, -0.15) is 0 Å². The largest absolute Gasteiger partial charge is 0.497 e. The Morgan fingerprint density at radius 3 is 2.62 bits per heavy atom. The highest BCUT2D eigenvalue weighted by molar-refractivity contribution is 6.36. The number of methoxy groups -OCH3 is 1. The van der Waals surface area contributed by atoms with Gasteiger partial charge >= 0.3 is 5.97 Å². The fourth-order valence-corrected chi connectivity index (χ4v) is 3.40. The van der Waals surface area contributed by atoms with Gasteiger partial charge in [0, 0.05) is 40.2 Å². The number of hydrogen-bond donors (Lipinski definition) is 2. The quantitative estimate of drug-likeness (QED) is 0.584. The molecule has 3 aromatic rings. The van der Waals surface area contributed by atoms with Crippen molar-refractivity contribution in [1.29, 1.82) is 0 Å². The van der Waals surface area contributed by atoms with Crippen molar-refractivity contribution in [2.75, 3.05) is 7.11 Å². The number of aromatic nitrogens is 1. The molecular formula is C19H15Cl2NO4. The van der Waals surface area contributed by atoms with Gasteiger partial charge in [-0.15, -0.1) is 0 Å². The first kappa shape index (κ1) is 18.3. The first-order chi connectivity index (χ1) is 12.4. The van der Waals surface area contributed by atoms with Crippen LogP contribution in [0.4, 0.5) is 0 Å². The van der Waals surface area contributed by atoms with Crippen molar-refractivity contribution in [2.45, 2.75) is 12.3 Å². The number of rotatable bonds is 6. The van der Waals surface area contributed by atoms with Gasteiger partial charge in [0.1, 0.15) is 5.75 Å². The molecular weight excluding hydrogens is 377 g/mol. The molecule has 0 aliphatic carbocycles. The summed E-state index contributed by atoms with van der Waals surface area (Å²) < 4.78 is 5.17. The van der Waals surface area contributed by atoms with E-state index in [1.807, 2.05) is 0 Å². The number of nitrogens with one attached hydrogen (secondary N) is 1. The molecule has 3 rings (SSSR count). The second-order valence-electron chi connectivity index (χ2n) is 5.80. The van der Waals surface area contributed by atoms with Crippen molar-refractivity contribution in [3.8, 4) is 5.75 Å². The number of aromatic amines is 1. The highest BCUT2D eigenvalue weighted by Gasteiger charge is 2.27. The van der Waals surface area contributed by atoms with Crippen LogP contribution in [0.1, 0.15) is 28.3 Å². The molecule has 0 saturated heterocycles. The highest BCUT2D eigenvalue weighted by atomic mass is 35.5. The van der Waals surface area contributed by atoms with Crippen molar-refractivity contribution in [3.63, 3.8) is 0 Å². The van der Waals surface area contributed by atoms with E-state index in [-0.39, 0.29) is 22.8 Å². The summed E-state index contributed by atoms with van der Waals surface area (Å²) in [5, 5.41) is 11.0. The number of carboxylic acids is 1. The molecule has 0 fully saturated rings. The first-order valence-electron chi connectivity index (χ1n) is 7.76. The molecule has 2 N–H and O–H groups in total. The summed E-state index contributed by atoms with van der Waals surface area (Å²) in [5.74, 6) is -1.79. The van der Waals surface area contributed by atoms with Crippen LogP contribution < -0.4 is 4.74 Å². The van der Waals surface area contributed by atoms with Crippen molar-refractivity contribution in [1.82, 2.24) is 4.98 Å². The lowest BCUT2D eigenvalue weighted by Gasteiger charge is -2.12. The Kier molecular flexibility index (Phi) is 5.20. The molecule has 0 bridgehead atoms. The van der Waals surface area contributed by atoms with E-state index < -0.39 is 11.9 Å². The number of Topliss-reactive ketones (excluding diaryl/α,β-unsaturated/α-hetero) is 1. The van der Waals surface area contributed by atoms with Crippen molar-refractivity contribution in [3.05, 3.63) is 63.8 Å². The van der Waals surface area contributed by atoms with Gasteiger partial charge in [-0.05, 0) is 35.9 Å². The molecule has 26 heavy (non-hydrogen) atoms. The first-order valence-corrected chi connectivity index (χ1v) is 8.52. The average molecular weight is 392 g/mol. The minimum atomic E-state index is -1.08. The normalized spacial score (nSPS) is 12.1. The lowest BCUT2D eigenvalue weighted by molar-refractivity contribution is -0.138. The molecule has 0 aliphatic heterocycles. The van der Waals surface area contributed by atoms with Crippen LogP contribution in [0.15, 0.2) is 42.6 Å². The summed E-state index contributed by atoms with van der Waals surface area (Å²) in [6, 6.07) is 9.81. The Hall–Kier alpha value is -2.50. The van der Waals surface area contributed by atoms with Gasteiger partial charge in [0.25, 0.3) is 0 Å². The number of ether oxygens (including phenoxy) is 1. The Bertz CT molecular complexity index is 996. The van der Waals surface area contributed by atoms with Gasteiger partial charge in [-0.25, -0.2) is 0 Å². The van der Waals surface area contributed by atoms with E-state index in [9.17, 15) is 14.7 Å². The third-order valence-corrected chi connectivity index (χ3v) is 4.76. The molecule has 1 aromatic heterocycles. The maximum Gasteiger partial charge on any atom is 0.311 e. The summed E-state index contributed by atoms with van der Waals surface area (Å²) in [4.78, 5) is 27.5. The molecule has 0 spiro atoms. The lowest BCUT2D eigenvalue weighted by Crippen LogP contribution is -2.16. The predicted molar refractivity (Wildman–Crippen MR) is 101 cm³/mol. The van der Waals surface area contributed by atoms with Gasteiger partial charge in [-0.1, -0.05) is 23.2 Å². The lowest BCUT2D eigenvalue weighted by atomic mass is 9.91. The number of hydrogen-bond acceptors (Lipinski definition) is 3. The van der Waals surface area contributed by atoms with E-state index in [1.54, 1.807) is 37.6 Å². The van der Waals surface area contributed by atoms with E-state index in [4.69, 9.17) is 27.9 Å². The summed E-state index contributed by atoms with van der Waals surface area (Å²) >= 11 is 11.9. The van der Waals surface area contributed by atoms with Crippen LogP contribution in [0, 0.1) is 0 Å². The number of halogens is 2. The fraction of sp³-hybridized carbons (Fsp3) is 0.158. The molecule has 1 unspecified atom stereocenters. The number of carbonyl (C=O) groups is 2. The van der Waals surface area contributed by atoms with Crippen molar-refractivity contribution < 1.29 is 19.4 Å². The average Bonchev–Trinajstić information content (AvgIpc) is 3.01. The van der Waals surface area contributed by atoms with Crippen LogP contribution in [-0.4, -0.2) is 29.0 Å². The van der Waals surface area contributed by atoms with E-state index in [0.29, 0.717) is 16.3 Å². The Labute approximate surface area is 159 Å². The molecule has 1 atom stereocenters. The summed E-state index contributed by atoms with van der Waals surface area (Å²) in [6.07, 6.45) is 1.40. The van der Waals surface area contributed by atoms with Crippen molar-refractivity contribution in [2.24, 2.45) is 0 Å². The van der Waals surface area contributed by atoms with Crippen molar-refractivity contribution >= 4 is 45.9 Å². The molecule has 7 heteroatoms. The molecule has 0 aliphatic rings. The van der Waals surface area contributed by atoms with E-state index in [2.05, 4.69) is 4.98 Å². The number of H-pyrrole nitrogens is 1. The number of benzene rings is 2. The fourth-order valence-electron chi connectivity index (χ4n) is 2.88. The van der Waals surface area contributed by atoms with Gasteiger partial charge in [0.2, 0.25) is 0 Å². The Morgan fingerprint density at radius 1 is 1.19 bits per heavy atom. The molecule has 2 aromatic carbocycles. The topological polar surface area (TPSA) is 79.4 Å². The number of fused-ring (bicyclic) bond motifs is 1. The van der Waals surface area contributed by atoms with Gasteiger partial charge in [0.05, 0.1) is 18.1 Å². The number of carbonyl (C=O) groups excluding carboxylic acids is 1. The number of ketones is 1. The maximum atomic E-state index is 12.6. The SMILES string of the molecule is COc1ccc2c(C(CC(=O)c3ccc(Cl)cc3Cl)C(=O)O)c[nH]c2c1. The van der Waals surface area contributed by atoms with Gasteiger partial charge < -0.3 is 14.8 Å². The minimum Gasteiger partial charge on any atom is -0.497 e. The third-order valence-electron chi connectivity index (χ3n) is 4.22. The second-order valence-corrected chi connectivity index (χ2v) is 6.64. The Morgan fingerprint density at radius 2 is 1.96 bits per heavy atom. The standard InChI is InChI=1S/C19H15Cl2NO4/c1-26-11-3-5-12-15(9-22-17(12)7-11)14(19(24)25)8-18(23)13-4-2-10(20)6-16(13)21/h2-7,9,14,22H,8H2,1H3,(H,24,25). The van der Waals surface area contributed by atoms with Gasteiger partial charge in [-0.3, -0.25) is 9.59 Å². The summed E-state index contributed by atoms with van der Waals surface area (Å²) in [7, 11) is 1.56. The second kappa shape index (κ2) is 7.40. The molecule has 0 saturated carbocycles.